The van der Waals surface area contributed by atoms with Crippen molar-refractivity contribution in [1.82, 2.24) is 5.32 Å². The molecular weight excluding hydrogens is 230 g/mol. The third-order valence-corrected chi connectivity index (χ3v) is 2.95. The van der Waals surface area contributed by atoms with E-state index < -0.39 is 6.10 Å². The summed E-state index contributed by atoms with van der Waals surface area (Å²) in [5.41, 5.74) is 7.16. The first kappa shape index (κ1) is 12.7. The van der Waals surface area contributed by atoms with E-state index in [0.29, 0.717) is 18.0 Å². The van der Waals surface area contributed by atoms with Crippen LogP contribution in [-0.4, -0.2) is 31.6 Å². The number of hydrogen-bond donors (Lipinski definition) is 2. The van der Waals surface area contributed by atoms with Crippen LogP contribution in [0.3, 0.4) is 0 Å². The summed E-state index contributed by atoms with van der Waals surface area (Å²) in [5, 5.41) is 3.21. The van der Waals surface area contributed by atoms with Crippen molar-refractivity contribution in [3.63, 3.8) is 0 Å². The number of ether oxygens (including phenoxy) is 1. The summed E-state index contributed by atoms with van der Waals surface area (Å²) in [6, 6.07) is 5.38. The van der Waals surface area contributed by atoms with Gasteiger partial charge in [-0.1, -0.05) is 6.92 Å². The van der Waals surface area contributed by atoms with Gasteiger partial charge in [-0.05, 0) is 31.7 Å². The zero-order chi connectivity index (χ0) is 13.1. The van der Waals surface area contributed by atoms with Gasteiger partial charge >= 0.3 is 0 Å². The highest BCUT2D eigenvalue weighted by Gasteiger charge is 2.31. The molecule has 1 amide bonds. The number of carbonyl (C=O) groups is 1. The molecule has 1 unspecified atom stereocenters. The van der Waals surface area contributed by atoms with Crippen LogP contribution in [-0.2, 0) is 4.79 Å². The van der Waals surface area contributed by atoms with Crippen LogP contribution in [0.4, 0.5) is 11.4 Å². The maximum atomic E-state index is 12.1. The van der Waals surface area contributed by atoms with E-state index in [1.165, 1.54) is 0 Å². The summed E-state index contributed by atoms with van der Waals surface area (Å²) in [7, 11) is 0. The van der Waals surface area contributed by atoms with Crippen LogP contribution in [0.1, 0.15) is 13.8 Å². The van der Waals surface area contributed by atoms with Crippen molar-refractivity contribution in [3.8, 4) is 5.75 Å². The van der Waals surface area contributed by atoms with Gasteiger partial charge in [0.15, 0.2) is 6.10 Å². The van der Waals surface area contributed by atoms with Gasteiger partial charge < -0.3 is 20.7 Å². The molecule has 18 heavy (non-hydrogen) atoms. The molecule has 1 aromatic rings. The minimum absolute atomic E-state index is 0.0222. The topological polar surface area (TPSA) is 67.6 Å². The molecule has 3 N–H and O–H groups in total. The van der Waals surface area contributed by atoms with Crippen LogP contribution in [0.5, 0.6) is 5.75 Å². The number of amides is 1. The summed E-state index contributed by atoms with van der Waals surface area (Å²) in [4.78, 5) is 13.9. The van der Waals surface area contributed by atoms with Gasteiger partial charge in [-0.2, -0.15) is 0 Å². The van der Waals surface area contributed by atoms with E-state index in [9.17, 15) is 4.79 Å². The molecule has 1 aromatic carbocycles. The number of fused-ring (bicyclic) bond motifs is 1. The number of benzene rings is 1. The first-order chi connectivity index (χ1) is 8.63. The second-order valence-electron chi connectivity index (χ2n) is 4.33. The predicted octanol–water partition coefficient (Wildman–Crippen LogP) is 0.992. The molecule has 0 saturated carbocycles. The van der Waals surface area contributed by atoms with Crippen LogP contribution in [0.15, 0.2) is 18.2 Å². The molecule has 0 saturated heterocycles. The van der Waals surface area contributed by atoms with Gasteiger partial charge in [0, 0.05) is 18.8 Å². The molecule has 5 nitrogen and oxygen atoms in total. The number of carbonyl (C=O) groups excluding carboxylic acids is 1. The van der Waals surface area contributed by atoms with Crippen LogP contribution >= 0.6 is 0 Å². The summed E-state index contributed by atoms with van der Waals surface area (Å²) in [6.07, 6.45) is -0.442. The van der Waals surface area contributed by atoms with Crippen molar-refractivity contribution in [2.75, 3.05) is 30.3 Å². The normalized spacial score (nSPS) is 18.4. The summed E-state index contributed by atoms with van der Waals surface area (Å²) >= 11 is 0. The lowest BCUT2D eigenvalue weighted by atomic mass is 10.1. The lowest BCUT2D eigenvalue weighted by Crippen LogP contribution is -2.47. The second kappa shape index (κ2) is 5.27. The number of nitrogens with one attached hydrogen (secondary N) is 1. The highest BCUT2D eigenvalue weighted by atomic mass is 16.5. The molecule has 98 valence electrons. The Morgan fingerprint density at radius 3 is 3.00 bits per heavy atom. The number of nitrogen functional groups attached to an aromatic ring is 1. The largest absolute Gasteiger partial charge is 0.479 e. The molecule has 0 bridgehead atoms. The first-order valence-corrected chi connectivity index (χ1v) is 6.21. The zero-order valence-electron chi connectivity index (χ0n) is 10.8. The maximum Gasteiger partial charge on any atom is 0.267 e. The fourth-order valence-corrected chi connectivity index (χ4v) is 2.02. The predicted molar refractivity (Wildman–Crippen MR) is 71.8 cm³/mol. The summed E-state index contributed by atoms with van der Waals surface area (Å²) < 4.78 is 5.57. The zero-order valence-corrected chi connectivity index (χ0v) is 10.8. The van der Waals surface area contributed by atoms with E-state index in [1.54, 1.807) is 24.0 Å². The van der Waals surface area contributed by atoms with Crippen molar-refractivity contribution >= 4 is 17.3 Å². The number of rotatable bonds is 4. The molecule has 1 aliphatic rings. The number of anilines is 2. The van der Waals surface area contributed by atoms with Gasteiger partial charge in [0.1, 0.15) is 5.75 Å². The second-order valence-corrected chi connectivity index (χ2v) is 4.33. The molecular formula is C13H19N3O2. The Bertz CT molecular complexity index is 448. The minimum atomic E-state index is -0.442. The Morgan fingerprint density at radius 2 is 2.28 bits per heavy atom. The summed E-state index contributed by atoms with van der Waals surface area (Å²) in [5.74, 6) is 0.693. The molecule has 0 aliphatic carbocycles. The van der Waals surface area contributed by atoms with E-state index >= 15 is 0 Å². The fourth-order valence-electron chi connectivity index (χ4n) is 2.02. The number of nitrogens with zero attached hydrogens (tertiary/aromatic N) is 1. The van der Waals surface area contributed by atoms with Crippen LogP contribution in [0, 0.1) is 0 Å². The smallest absolute Gasteiger partial charge is 0.267 e. The molecule has 1 atom stereocenters. The lowest BCUT2D eigenvalue weighted by molar-refractivity contribution is -0.125. The Balaban J connectivity index is 2.26. The van der Waals surface area contributed by atoms with Crippen molar-refractivity contribution in [2.24, 2.45) is 0 Å². The van der Waals surface area contributed by atoms with Crippen molar-refractivity contribution in [2.45, 2.75) is 20.0 Å². The molecule has 0 aromatic heterocycles. The number of likely N-dealkylation sites (N-methyl/N-ethyl adjacent to an activating group) is 1. The lowest BCUT2D eigenvalue weighted by Gasteiger charge is -2.33. The Morgan fingerprint density at radius 1 is 1.50 bits per heavy atom. The molecule has 0 fully saturated rings. The molecule has 0 spiro atoms. The van der Waals surface area contributed by atoms with Gasteiger partial charge in [0.2, 0.25) is 0 Å². The van der Waals surface area contributed by atoms with E-state index in [4.69, 9.17) is 10.5 Å². The number of nitrogens with two attached hydrogens (primary N) is 1. The molecule has 5 heteroatoms. The van der Waals surface area contributed by atoms with Crippen molar-refractivity contribution in [1.29, 1.82) is 0 Å². The van der Waals surface area contributed by atoms with Crippen molar-refractivity contribution < 1.29 is 9.53 Å². The summed E-state index contributed by atoms with van der Waals surface area (Å²) in [6.45, 7) is 6.06. The minimum Gasteiger partial charge on any atom is -0.479 e. The fraction of sp³-hybridized carbons (Fsp3) is 0.462. The van der Waals surface area contributed by atoms with Crippen LogP contribution in [0.25, 0.3) is 0 Å². The number of hydrogen-bond acceptors (Lipinski definition) is 4. The molecule has 1 heterocycles. The Hall–Kier alpha value is -1.75. The Labute approximate surface area is 107 Å². The molecule has 2 rings (SSSR count). The van der Waals surface area contributed by atoms with E-state index in [-0.39, 0.29) is 5.91 Å². The van der Waals surface area contributed by atoms with E-state index in [2.05, 4.69) is 5.32 Å². The highest BCUT2D eigenvalue weighted by Crippen LogP contribution is 2.35. The molecule has 0 radical (unpaired) electrons. The van der Waals surface area contributed by atoms with Gasteiger partial charge in [-0.25, -0.2) is 0 Å². The quantitative estimate of drug-likeness (QED) is 0.617. The third kappa shape index (κ3) is 2.41. The molecule has 1 aliphatic heterocycles. The van der Waals surface area contributed by atoms with Crippen LogP contribution in [0.2, 0.25) is 0 Å². The Kier molecular flexibility index (Phi) is 3.72. The van der Waals surface area contributed by atoms with Gasteiger partial charge in [0.05, 0.1) is 5.69 Å². The average Bonchev–Trinajstić information content (AvgIpc) is 2.35. The SMILES string of the molecule is CCNCCN1C(=O)C(C)Oc2ccc(N)cc21. The monoisotopic (exact) mass is 249 g/mol. The first-order valence-electron chi connectivity index (χ1n) is 6.21. The third-order valence-electron chi connectivity index (χ3n) is 2.95. The standard InChI is InChI=1S/C13H19N3O2/c1-3-15-6-7-16-11-8-10(14)4-5-12(11)18-9(2)13(16)17/h4-5,8-9,15H,3,6-7,14H2,1-2H3. The van der Waals surface area contributed by atoms with Gasteiger partial charge in [0.25, 0.3) is 5.91 Å². The maximum absolute atomic E-state index is 12.1. The van der Waals surface area contributed by atoms with Gasteiger partial charge in [-0.15, -0.1) is 0 Å². The van der Waals surface area contributed by atoms with Crippen molar-refractivity contribution in [3.05, 3.63) is 18.2 Å². The van der Waals surface area contributed by atoms with E-state index in [1.807, 2.05) is 13.0 Å². The van der Waals surface area contributed by atoms with E-state index in [0.717, 1.165) is 18.8 Å². The highest BCUT2D eigenvalue weighted by molar-refractivity contribution is 6.00. The van der Waals surface area contributed by atoms with Gasteiger partial charge in [-0.3, -0.25) is 4.79 Å². The van der Waals surface area contributed by atoms with Crippen LogP contribution < -0.4 is 20.7 Å². The average molecular weight is 249 g/mol.